The summed E-state index contributed by atoms with van der Waals surface area (Å²) < 4.78 is 19.3. The molecule has 31 heavy (non-hydrogen) atoms. The number of methoxy groups -OCH3 is 1. The molecule has 2 N–H and O–H groups in total. The zero-order valence-electron chi connectivity index (χ0n) is 16.7. The van der Waals surface area contributed by atoms with Gasteiger partial charge in [-0.25, -0.2) is 4.39 Å². The molecular weight excluding hydrogens is 433 g/mol. The molecule has 2 aromatic carbocycles. The van der Waals surface area contributed by atoms with Crippen molar-refractivity contribution in [2.75, 3.05) is 12.4 Å². The summed E-state index contributed by atoms with van der Waals surface area (Å²) in [4.78, 5) is 13.7. The first kappa shape index (κ1) is 22.4. The zero-order chi connectivity index (χ0) is 22.1. The van der Waals surface area contributed by atoms with Crippen molar-refractivity contribution in [2.45, 2.75) is 12.3 Å². The van der Waals surface area contributed by atoms with E-state index in [1.54, 1.807) is 49.6 Å². The van der Waals surface area contributed by atoms with Crippen LogP contribution in [0.4, 0.5) is 10.1 Å². The Hall–Kier alpha value is -3.28. The van der Waals surface area contributed by atoms with Gasteiger partial charge in [0, 0.05) is 22.4 Å². The lowest BCUT2D eigenvalue weighted by molar-refractivity contribution is -0.117. The van der Waals surface area contributed by atoms with Crippen molar-refractivity contribution in [3.8, 4) is 11.8 Å². The highest BCUT2D eigenvalue weighted by molar-refractivity contribution is 8.02. The predicted octanol–water partition coefficient (Wildman–Crippen LogP) is 5.29. The van der Waals surface area contributed by atoms with Gasteiger partial charge in [-0.05, 0) is 35.2 Å². The van der Waals surface area contributed by atoms with Gasteiger partial charge in [0.05, 0.1) is 18.7 Å². The molecule has 0 radical (unpaired) electrons. The number of benzene rings is 2. The molecule has 3 rings (SSSR count). The van der Waals surface area contributed by atoms with E-state index in [1.807, 2.05) is 23.6 Å². The Labute approximate surface area is 188 Å². The fourth-order valence-corrected chi connectivity index (χ4v) is 4.29. The molecule has 3 aromatic rings. The van der Waals surface area contributed by atoms with Crippen molar-refractivity contribution in [1.82, 2.24) is 5.32 Å². The Kier molecular flexibility index (Phi) is 8.10. The third-order valence-electron chi connectivity index (χ3n) is 4.23. The number of hydrogen-bond donors (Lipinski definition) is 2. The van der Waals surface area contributed by atoms with E-state index in [-0.39, 0.29) is 17.1 Å². The van der Waals surface area contributed by atoms with Crippen LogP contribution in [0.3, 0.4) is 0 Å². The van der Waals surface area contributed by atoms with Crippen LogP contribution in [0.5, 0.6) is 5.75 Å². The molecule has 0 aliphatic heterocycles. The van der Waals surface area contributed by atoms with Crippen molar-refractivity contribution >= 4 is 34.7 Å². The van der Waals surface area contributed by atoms with Crippen LogP contribution in [0.15, 0.2) is 76.6 Å². The first-order valence-electron chi connectivity index (χ1n) is 9.33. The number of amides is 1. The van der Waals surface area contributed by atoms with Gasteiger partial charge in [0.2, 0.25) is 0 Å². The number of anilines is 1. The van der Waals surface area contributed by atoms with Crippen LogP contribution in [-0.2, 0) is 17.1 Å². The Balaban J connectivity index is 1.86. The van der Waals surface area contributed by atoms with Gasteiger partial charge in [0.15, 0.2) is 0 Å². The number of ether oxygens (including phenoxy) is 1. The van der Waals surface area contributed by atoms with Gasteiger partial charge in [-0.2, -0.15) is 5.26 Å². The summed E-state index contributed by atoms with van der Waals surface area (Å²) >= 11 is 2.71. The fraction of sp³-hybridized carbons (Fsp3) is 0.130. The minimum absolute atomic E-state index is 0.0688. The van der Waals surface area contributed by atoms with Crippen molar-refractivity contribution < 1.29 is 13.9 Å². The lowest BCUT2D eigenvalue weighted by Gasteiger charge is -2.14. The standard InChI is InChI=1S/C23H20FN3O2S2/c1-29-18-8-4-7-17(12-18)27-23(31-15-16-6-2-3-10-21(16)24)20(13-25)22(28)26-14-19-9-5-11-30-19/h2-12,27H,14-15H2,1H3,(H,26,28)/b23-20-. The van der Waals surface area contributed by atoms with Crippen molar-refractivity contribution in [1.29, 1.82) is 5.26 Å². The molecule has 0 fully saturated rings. The zero-order valence-corrected chi connectivity index (χ0v) is 18.4. The van der Waals surface area contributed by atoms with E-state index in [9.17, 15) is 14.4 Å². The van der Waals surface area contributed by atoms with Gasteiger partial charge in [0.25, 0.3) is 5.91 Å². The number of nitrogens with one attached hydrogen (secondary N) is 2. The summed E-state index contributed by atoms with van der Waals surface area (Å²) in [5.41, 5.74) is 1.06. The molecule has 0 unspecified atom stereocenters. The van der Waals surface area contributed by atoms with Gasteiger partial charge < -0.3 is 15.4 Å². The number of halogens is 1. The molecule has 0 saturated heterocycles. The Bertz CT molecular complexity index is 1110. The second-order valence-electron chi connectivity index (χ2n) is 6.32. The number of hydrogen-bond acceptors (Lipinski definition) is 6. The Morgan fingerprint density at radius 2 is 2.03 bits per heavy atom. The van der Waals surface area contributed by atoms with Crippen LogP contribution < -0.4 is 15.4 Å². The van der Waals surface area contributed by atoms with Crippen LogP contribution in [0.2, 0.25) is 0 Å². The highest BCUT2D eigenvalue weighted by Crippen LogP contribution is 2.28. The van der Waals surface area contributed by atoms with Crippen LogP contribution in [0.1, 0.15) is 10.4 Å². The lowest BCUT2D eigenvalue weighted by Crippen LogP contribution is -2.25. The molecule has 0 saturated carbocycles. The number of nitriles is 1. The largest absolute Gasteiger partial charge is 0.497 e. The average molecular weight is 454 g/mol. The molecule has 0 aliphatic carbocycles. The van der Waals surface area contributed by atoms with Gasteiger partial charge in [-0.3, -0.25) is 4.79 Å². The molecule has 158 valence electrons. The smallest absolute Gasteiger partial charge is 0.264 e. The predicted molar refractivity (Wildman–Crippen MR) is 123 cm³/mol. The molecule has 0 spiro atoms. The number of nitrogens with zero attached hydrogens (tertiary/aromatic N) is 1. The molecule has 8 heteroatoms. The average Bonchev–Trinajstić information content (AvgIpc) is 3.31. The topological polar surface area (TPSA) is 74.1 Å². The van der Waals surface area contributed by atoms with Crippen molar-refractivity contribution in [3.63, 3.8) is 0 Å². The highest BCUT2D eigenvalue weighted by Gasteiger charge is 2.18. The lowest BCUT2D eigenvalue weighted by atomic mass is 10.2. The molecule has 1 amide bonds. The van der Waals surface area contributed by atoms with Gasteiger partial charge in [-0.15, -0.1) is 23.1 Å². The van der Waals surface area contributed by atoms with Gasteiger partial charge in [-0.1, -0.05) is 30.3 Å². The minimum atomic E-state index is -0.498. The molecule has 5 nitrogen and oxygen atoms in total. The molecule has 1 aromatic heterocycles. The maximum Gasteiger partial charge on any atom is 0.264 e. The maximum atomic E-state index is 14.1. The summed E-state index contributed by atoms with van der Waals surface area (Å²) in [6.07, 6.45) is 0. The molecule has 0 aliphatic rings. The van der Waals surface area contributed by atoms with E-state index in [4.69, 9.17) is 4.74 Å². The Morgan fingerprint density at radius 1 is 1.19 bits per heavy atom. The van der Waals surface area contributed by atoms with Gasteiger partial charge in [0.1, 0.15) is 23.2 Å². The first-order valence-corrected chi connectivity index (χ1v) is 11.2. The quantitative estimate of drug-likeness (QED) is 0.340. The van der Waals surface area contributed by atoms with Crippen molar-refractivity contribution in [2.24, 2.45) is 0 Å². The summed E-state index contributed by atoms with van der Waals surface area (Å²) in [7, 11) is 1.56. The van der Waals surface area contributed by atoms with E-state index in [0.29, 0.717) is 28.6 Å². The van der Waals surface area contributed by atoms with Gasteiger partial charge >= 0.3 is 0 Å². The number of thioether (sulfide) groups is 1. The minimum Gasteiger partial charge on any atom is -0.497 e. The second kappa shape index (κ2) is 11.2. The number of thiophene rings is 1. The first-order chi connectivity index (χ1) is 15.1. The SMILES string of the molecule is COc1cccc(N/C(SCc2ccccc2F)=C(\C#N)C(=O)NCc2cccs2)c1. The summed E-state index contributed by atoms with van der Waals surface area (Å²) in [5, 5.41) is 17.9. The van der Waals surface area contributed by atoms with Crippen LogP contribution in [0, 0.1) is 17.1 Å². The Morgan fingerprint density at radius 3 is 2.74 bits per heavy atom. The van der Waals surface area contributed by atoms with Crippen LogP contribution >= 0.6 is 23.1 Å². The second-order valence-corrected chi connectivity index (χ2v) is 8.33. The van der Waals surface area contributed by atoms with E-state index in [0.717, 1.165) is 4.88 Å². The molecule has 0 atom stereocenters. The summed E-state index contributed by atoms with van der Waals surface area (Å²) in [6, 6.07) is 19.4. The number of carbonyl (C=O) groups is 1. The number of rotatable bonds is 9. The molecular formula is C23H20FN3O2S2. The third kappa shape index (κ3) is 6.35. The summed E-state index contributed by atoms with van der Waals surface area (Å²) in [6.45, 7) is 0.325. The van der Waals surface area contributed by atoms with E-state index < -0.39 is 5.91 Å². The van der Waals surface area contributed by atoms with Crippen LogP contribution in [0.25, 0.3) is 0 Å². The fourth-order valence-electron chi connectivity index (χ4n) is 2.64. The van der Waals surface area contributed by atoms with Crippen molar-refractivity contribution in [3.05, 3.63) is 92.9 Å². The monoisotopic (exact) mass is 453 g/mol. The van der Waals surface area contributed by atoms with E-state index >= 15 is 0 Å². The summed E-state index contributed by atoms with van der Waals surface area (Å²) in [5.74, 6) is 0.0466. The van der Waals surface area contributed by atoms with E-state index in [2.05, 4.69) is 10.6 Å². The maximum absolute atomic E-state index is 14.1. The molecule has 1 heterocycles. The normalized spacial score (nSPS) is 11.3. The van der Waals surface area contributed by atoms with Crippen LogP contribution in [-0.4, -0.2) is 13.0 Å². The highest BCUT2D eigenvalue weighted by atomic mass is 32.2. The van der Waals surface area contributed by atoms with E-state index in [1.165, 1.54) is 29.2 Å². The number of carbonyl (C=O) groups excluding carboxylic acids is 1. The third-order valence-corrected chi connectivity index (χ3v) is 6.15. The molecule has 0 bridgehead atoms.